The minimum absolute atomic E-state index is 0.00960. The Kier molecular flexibility index (Phi) is 4.44. The lowest BCUT2D eigenvalue weighted by molar-refractivity contribution is -0.117. The number of hydrogen-bond donors (Lipinski definition) is 2. The number of nitrogens with one attached hydrogen (secondary N) is 2. The number of rotatable bonds is 3. The third-order valence-electron chi connectivity index (χ3n) is 2.80. The summed E-state index contributed by atoms with van der Waals surface area (Å²) in [6, 6.07) is 5.63. The Labute approximate surface area is 110 Å². The number of anilines is 1. The van der Waals surface area contributed by atoms with E-state index in [9.17, 15) is 9.18 Å². The fourth-order valence-electron chi connectivity index (χ4n) is 1.88. The lowest BCUT2D eigenvalue weighted by atomic mass is 10.1. The van der Waals surface area contributed by atoms with Crippen LogP contribution in [-0.4, -0.2) is 31.7 Å². The van der Waals surface area contributed by atoms with Crippen LogP contribution in [0.2, 0.25) is 0 Å². The van der Waals surface area contributed by atoms with Crippen molar-refractivity contribution in [2.45, 2.75) is 12.5 Å². The van der Waals surface area contributed by atoms with E-state index in [1.54, 1.807) is 6.07 Å². The van der Waals surface area contributed by atoms with Crippen molar-refractivity contribution in [1.82, 2.24) is 5.32 Å². The van der Waals surface area contributed by atoms with Crippen LogP contribution in [0, 0.1) is 17.1 Å². The van der Waals surface area contributed by atoms with Gasteiger partial charge >= 0.3 is 0 Å². The zero-order chi connectivity index (χ0) is 13.7. The van der Waals surface area contributed by atoms with Crippen molar-refractivity contribution in [3.63, 3.8) is 0 Å². The zero-order valence-corrected chi connectivity index (χ0v) is 10.3. The topological polar surface area (TPSA) is 74.2 Å². The van der Waals surface area contributed by atoms with Crippen LogP contribution in [0.25, 0.3) is 0 Å². The lowest BCUT2D eigenvalue weighted by Gasteiger charge is -2.23. The number of amides is 1. The summed E-state index contributed by atoms with van der Waals surface area (Å²) in [4.78, 5) is 11.8. The molecule has 1 aromatic rings. The molecule has 0 radical (unpaired) electrons. The predicted octanol–water partition coefficient (Wildman–Crippen LogP) is 1.01. The molecule has 1 fully saturated rings. The van der Waals surface area contributed by atoms with Gasteiger partial charge in [0.15, 0.2) is 0 Å². The van der Waals surface area contributed by atoms with Gasteiger partial charge in [0.05, 0.1) is 18.8 Å². The highest BCUT2D eigenvalue weighted by molar-refractivity contribution is 5.91. The van der Waals surface area contributed by atoms with E-state index in [1.165, 1.54) is 12.1 Å². The zero-order valence-electron chi connectivity index (χ0n) is 10.3. The van der Waals surface area contributed by atoms with E-state index in [2.05, 4.69) is 10.6 Å². The lowest BCUT2D eigenvalue weighted by Crippen LogP contribution is -2.43. The highest BCUT2D eigenvalue weighted by Crippen LogP contribution is 2.14. The molecule has 1 amide bonds. The second-order valence-electron chi connectivity index (χ2n) is 4.28. The molecule has 1 aliphatic heterocycles. The van der Waals surface area contributed by atoms with Crippen molar-refractivity contribution in [1.29, 1.82) is 5.26 Å². The molecular weight excluding hydrogens is 249 g/mol. The normalized spacial score (nSPS) is 18.6. The van der Waals surface area contributed by atoms with E-state index in [0.29, 0.717) is 18.9 Å². The van der Waals surface area contributed by atoms with Crippen molar-refractivity contribution in [3.05, 3.63) is 29.6 Å². The number of carbonyl (C=O) groups excluding carboxylic acids is 1. The summed E-state index contributed by atoms with van der Waals surface area (Å²) in [6.07, 6.45) is 0.277. The molecule has 1 saturated heterocycles. The molecule has 1 aromatic carbocycles. The number of ether oxygens (including phenoxy) is 1. The Morgan fingerprint density at radius 3 is 3.16 bits per heavy atom. The SMILES string of the molecule is N#Cc1cc(NC(=O)CC2COCCN2)ccc1F. The van der Waals surface area contributed by atoms with Gasteiger partial charge in [0, 0.05) is 24.7 Å². The Morgan fingerprint density at radius 2 is 2.47 bits per heavy atom. The van der Waals surface area contributed by atoms with Gasteiger partial charge in [-0.25, -0.2) is 4.39 Å². The van der Waals surface area contributed by atoms with Crippen LogP contribution in [0.5, 0.6) is 0 Å². The molecule has 0 spiro atoms. The molecular formula is C13H14FN3O2. The molecule has 100 valence electrons. The number of morpholine rings is 1. The van der Waals surface area contributed by atoms with Gasteiger partial charge in [0.25, 0.3) is 0 Å². The van der Waals surface area contributed by atoms with Crippen LogP contribution in [0.3, 0.4) is 0 Å². The van der Waals surface area contributed by atoms with Gasteiger partial charge in [-0.1, -0.05) is 0 Å². The molecule has 5 nitrogen and oxygen atoms in total. The Morgan fingerprint density at radius 1 is 1.63 bits per heavy atom. The molecule has 2 N–H and O–H groups in total. The van der Waals surface area contributed by atoms with Crippen LogP contribution in [-0.2, 0) is 9.53 Å². The van der Waals surface area contributed by atoms with Crippen LogP contribution in [0.4, 0.5) is 10.1 Å². The molecule has 0 bridgehead atoms. The van der Waals surface area contributed by atoms with Crippen molar-refractivity contribution in [2.75, 3.05) is 25.1 Å². The Hall–Kier alpha value is -1.97. The average molecular weight is 263 g/mol. The first-order valence-electron chi connectivity index (χ1n) is 5.99. The van der Waals surface area contributed by atoms with Crippen molar-refractivity contribution in [3.8, 4) is 6.07 Å². The highest BCUT2D eigenvalue weighted by atomic mass is 19.1. The van der Waals surface area contributed by atoms with E-state index in [0.717, 1.165) is 12.6 Å². The molecule has 19 heavy (non-hydrogen) atoms. The first-order chi connectivity index (χ1) is 9.19. The van der Waals surface area contributed by atoms with Crippen molar-refractivity contribution < 1.29 is 13.9 Å². The Bertz CT molecular complexity index is 507. The van der Waals surface area contributed by atoms with E-state index < -0.39 is 5.82 Å². The molecule has 0 aromatic heterocycles. The fourth-order valence-corrected chi connectivity index (χ4v) is 1.88. The first kappa shape index (κ1) is 13.5. The summed E-state index contributed by atoms with van der Waals surface area (Å²) in [7, 11) is 0. The minimum atomic E-state index is -0.595. The van der Waals surface area contributed by atoms with E-state index in [1.807, 2.05) is 0 Å². The second kappa shape index (κ2) is 6.27. The predicted molar refractivity (Wildman–Crippen MR) is 67.0 cm³/mol. The van der Waals surface area contributed by atoms with E-state index >= 15 is 0 Å². The first-order valence-corrected chi connectivity index (χ1v) is 5.99. The molecule has 1 atom stereocenters. The maximum Gasteiger partial charge on any atom is 0.226 e. The highest BCUT2D eigenvalue weighted by Gasteiger charge is 2.17. The third-order valence-corrected chi connectivity index (χ3v) is 2.80. The van der Waals surface area contributed by atoms with Gasteiger partial charge in [-0.3, -0.25) is 4.79 Å². The van der Waals surface area contributed by atoms with E-state index in [4.69, 9.17) is 10.00 Å². The number of hydrogen-bond acceptors (Lipinski definition) is 4. The van der Waals surface area contributed by atoms with Crippen LogP contribution in [0.1, 0.15) is 12.0 Å². The summed E-state index contributed by atoms with van der Waals surface area (Å²) in [6.45, 7) is 1.88. The molecule has 0 aliphatic carbocycles. The number of halogens is 1. The largest absolute Gasteiger partial charge is 0.378 e. The van der Waals surface area contributed by atoms with Gasteiger partial charge in [-0.2, -0.15) is 5.26 Å². The molecule has 2 rings (SSSR count). The van der Waals surface area contributed by atoms with E-state index in [-0.39, 0.29) is 23.9 Å². The van der Waals surface area contributed by atoms with Gasteiger partial charge in [0.2, 0.25) is 5.91 Å². The maximum absolute atomic E-state index is 13.1. The maximum atomic E-state index is 13.1. The summed E-state index contributed by atoms with van der Waals surface area (Å²) in [5.41, 5.74) is 0.330. The standard InChI is InChI=1S/C13H14FN3O2/c14-12-2-1-10(5-9(12)7-15)17-13(18)6-11-8-19-4-3-16-11/h1-2,5,11,16H,3-4,6,8H2,(H,17,18). The molecule has 6 heteroatoms. The summed E-state index contributed by atoms with van der Waals surface area (Å²) >= 11 is 0. The Balaban J connectivity index is 1.93. The second-order valence-corrected chi connectivity index (χ2v) is 4.28. The summed E-state index contributed by atoms with van der Waals surface area (Å²) in [5, 5.41) is 14.5. The number of carbonyl (C=O) groups is 1. The van der Waals surface area contributed by atoms with Crippen LogP contribution < -0.4 is 10.6 Å². The summed E-state index contributed by atoms with van der Waals surface area (Å²) < 4.78 is 18.4. The number of nitrogens with zero attached hydrogens (tertiary/aromatic N) is 1. The monoisotopic (exact) mass is 263 g/mol. The van der Waals surface area contributed by atoms with Crippen molar-refractivity contribution in [2.24, 2.45) is 0 Å². The smallest absolute Gasteiger partial charge is 0.226 e. The minimum Gasteiger partial charge on any atom is -0.378 e. The molecule has 1 heterocycles. The van der Waals surface area contributed by atoms with Gasteiger partial charge < -0.3 is 15.4 Å². The quantitative estimate of drug-likeness (QED) is 0.853. The molecule has 1 aliphatic rings. The van der Waals surface area contributed by atoms with Crippen LogP contribution in [0.15, 0.2) is 18.2 Å². The molecule has 1 unspecified atom stereocenters. The summed E-state index contributed by atoms with van der Waals surface area (Å²) in [5.74, 6) is -0.790. The van der Waals surface area contributed by atoms with Gasteiger partial charge in [-0.15, -0.1) is 0 Å². The van der Waals surface area contributed by atoms with Crippen LogP contribution >= 0.6 is 0 Å². The number of benzene rings is 1. The fraction of sp³-hybridized carbons (Fsp3) is 0.385. The number of nitriles is 1. The van der Waals surface area contributed by atoms with Gasteiger partial charge in [-0.05, 0) is 18.2 Å². The average Bonchev–Trinajstić information content (AvgIpc) is 2.42. The third kappa shape index (κ3) is 3.74. The van der Waals surface area contributed by atoms with Crippen molar-refractivity contribution >= 4 is 11.6 Å². The van der Waals surface area contributed by atoms with Gasteiger partial charge in [0.1, 0.15) is 11.9 Å². The molecule has 0 saturated carbocycles.